The maximum absolute atomic E-state index is 2.27. The van der Waals surface area contributed by atoms with Crippen LogP contribution < -0.4 is 0 Å². The van der Waals surface area contributed by atoms with Crippen molar-refractivity contribution in [2.75, 3.05) is 0 Å². The summed E-state index contributed by atoms with van der Waals surface area (Å²) in [5.74, 6) is 0. The van der Waals surface area contributed by atoms with Gasteiger partial charge in [0.25, 0.3) is 0 Å². The van der Waals surface area contributed by atoms with E-state index >= 15 is 0 Å². The van der Waals surface area contributed by atoms with E-state index in [-0.39, 0.29) is 0 Å². The molecule has 0 aromatic rings. The molecule has 0 rings (SSSR count). The first kappa shape index (κ1) is 13.5. The van der Waals surface area contributed by atoms with Crippen LogP contribution in [0, 0.1) is 0 Å². The van der Waals surface area contributed by atoms with E-state index in [1.165, 1.54) is 51.4 Å². The van der Waals surface area contributed by atoms with Gasteiger partial charge < -0.3 is 0 Å². The van der Waals surface area contributed by atoms with Crippen molar-refractivity contribution in [1.82, 2.24) is 0 Å². The molecule has 0 N–H and O–H groups in total. The zero-order chi connectivity index (χ0) is 10.5. The first-order chi connectivity index (χ1) is 6.91. The van der Waals surface area contributed by atoms with Crippen LogP contribution in [0.15, 0.2) is 24.3 Å². The van der Waals surface area contributed by atoms with Crippen LogP contribution in [-0.4, -0.2) is 0 Å². The lowest BCUT2D eigenvalue weighted by Gasteiger charge is -1.98. The van der Waals surface area contributed by atoms with Crippen molar-refractivity contribution in [2.45, 2.75) is 65.2 Å². The van der Waals surface area contributed by atoms with Crippen molar-refractivity contribution >= 4 is 0 Å². The Labute approximate surface area is 90.1 Å². The van der Waals surface area contributed by atoms with Gasteiger partial charge in [0.1, 0.15) is 0 Å². The predicted molar refractivity (Wildman–Crippen MR) is 66.6 cm³/mol. The van der Waals surface area contributed by atoms with Gasteiger partial charge in [0, 0.05) is 0 Å². The van der Waals surface area contributed by atoms with E-state index in [4.69, 9.17) is 0 Å². The van der Waals surface area contributed by atoms with Gasteiger partial charge in [0.2, 0.25) is 0 Å². The highest BCUT2D eigenvalue weighted by molar-refractivity contribution is 5.00. The first-order valence-corrected chi connectivity index (χ1v) is 6.19. The zero-order valence-corrected chi connectivity index (χ0v) is 9.97. The number of hydrogen-bond donors (Lipinski definition) is 0. The molecule has 0 amide bonds. The second-order valence-corrected chi connectivity index (χ2v) is 3.86. The van der Waals surface area contributed by atoms with Gasteiger partial charge in [-0.05, 0) is 19.8 Å². The van der Waals surface area contributed by atoms with Gasteiger partial charge >= 0.3 is 0 Å². The van der Waals surface area contributed by atoms with Gasteiger partial charge in [-0.25, -0.2) is 0 Å². The molecule has 0 radical (unpaired) electrons. The van der Waals surface area contributed by atoms with Crippen LogP contribution >= 0.6 is 0 Å². The molecule has 0 saturated carbocycles. The van der Waals surface area contributed by atoms with E-state index < -0.39 is 0 Å². The van der Waals surface area contributed by atoms with Gasteiger partial charge in [0.15, 0.2) is 0 Å². The lowest BCUT2D eigenvalue weighted by molar-refractivity contribution is 0.592. The molecule has 0 saturated heterocycles. The fourth-order valence-corrected chi connectivity index (χ4v) is 1.51. The van der Waals surface area contributed by atoms with Crippen LogP contribution in [0.3, 0.4) is 0 Å². The van der Waals surface area contributed by atoms with Gasteiger partial charge in [-0.1, -0.05) is 69.8 Å². The third kappa shape index (κ3) is 11.5. The Hall–Kier alpha value is -0.520. The summed E-state index contributed by atoms with van der Waals surface area (Å²) in [4.78, 5) is 0. The lowest BCUT2D eigenvalue weighted by Crippen LogP contribution is -1.78. The summed E-state index contributed by atoms with van der Waals surface area (Å²) in [5.41, 5.74) is 0. The minimum absolute atomic E-state index is 1.25. The highest BCUT2D eigenvalue weighted by atomic mass is 13.9. The van der Waals surface area contributed by atoms with Crippen molar-refractivity contribution in [3.63, 3.8) is 0 Å². The van der Waals surface area contributed by atoms with Gasteiger partial charge in [-0.2, -0.15) is 0 Å². The summed E-state index contributed by atoms with van der Waals surface area (Å²) in [6.07, 6.45) is 19.7. The van der Waals surface area contributed by atoms with Crippen LogP contribution in [0.4, 0.5) is 0 Å². The number of hydrogen-bond acceptors (Lipinski definition) is 0. The van der Waals surface area contributed by atoms with Crippen molar-refractivity contribution < 1.29 is 0 Å². The summed E-state index contributed by atoms with van der Waals surface area (Å²) in [6.45, 7) is 4.32. The molecule has 0 spiro atoms. The molecule has 0 atom stereocenters. The topological polar surface area (TPSA) is 0 Å². The first-order valence-electron chi connectivity index (χ1n) is 6.19. The van der Waals surface area contributed by atoms with E-state index in [1.54, 1.807) is 0 Å². The van der Waals surface area contributed by atoms with Crippen LogP contribution in [0.5, 0.6) is 0 Å². The minimum atomic E-state index is 1.25. The van der Waals surface area contributed by atoms with E-state index in [2.05, 4.69) is 38.2 Å². The Balaban J connectivity index is 2.98. The standard InChI is InChI=1S/C14H26/c1-3-5-7-9-11-13-14-12-10-8-6-4-2/h3,5,7,9H,4,6,8,10-14H2,1-2H3/b5-3+,9-7-. The van der Waals surface area contributed by atoms with E-state index in [9.17, 15) is 0 Å². The van der Waals surface area contributed by atoms with E-state index in [0.29, 0.717) is 0 Å². The maximum Gasteiger partial charge on any atom is -0.0348 e. The molecule has 0 aromatic carbocycles. The Kier molecular flexibility index (Phi) is 12.0. The molecule has 0 aliphatic carbocycles. The van der Waals surface area contributed by atoms with Gasteiger partial charge in [-0.15, -0.1) is 0 Å². The molecule has 82 valence electrons. The third-order valence-corrected chi connectivity index (χ3v) is 2.41. The minimum Gasteiger partial charge on any atom is -0.0877 e. The predicted octanol–water partition coefficient (Wildman–Crippen LogP) is 5.26. The van der Waals surface area contributed by atoms with Gasteiger partial charge in [-0.3, -0.25) is 0 Å². The quantitative estimate of drug-likeness (QED) is 0.347. The van der Waals surface area contributed by atoms with Crippen molar-refractivity contribution in [3.05, 3.63) is 24.3 Å². The molecule has 0 aromatic heterocycles. The van der Waals surface area contributed by atoms with Crippen LogP contribution in [-0.2, 0) is 0 Å². The summed E-state index contributed by atoms with van der Waals surface area (Å²) in [5, 5.41) is 0. The summed E-state index contributed by atoms with van der Waals surface area (Å²) >= 11 is 0. The van der Waals surface area contributed by atoms with Crippen molar-refractivity contribution in [3.8, 4) is 0 Å². The highest BCUT2D eigenvalue weighted by Crippen LogP contribution is 2.08. The zero-order valence-electron chi connectivity index (χ0n) is 9.97. The van der Waals surface area contributed by atoms with Crippen LogP contribution in [0.25, 0.3) is 0 Å². The molecule has 0 heteroatoms. The molecule has 0 fully saturated rings. The number of allylic oxidation sites excluding steroid dienone is 4. The average Bonchev–Trinajstić information content (AvgIpc) is 2.21. The monoisotopic (exact) mass is 194 g/mol. The van der Waals surface area contributed by atoms with Crippen LogP contribution in [0.2, 0.25) is 0 Å². The largest absolute Gasteiger partial charge is 0.0877 e. The number of unbranched alkanes of at least 4 members (excludes halogenated alkanes) is 7. The van der Waals surface area contributed by atoms with Gasteiger partial charge in [0.05, 0.1) is 0 Å². The normalized spacial score (nSPS) is 11.9. The summed E-state index contributed by atoms with van der Waals surface area (Å²) in [7, 11) is 0. The summed E-state index contributed by atoms with van der Waals surface area (Å²) < 4.78 is 0. The molecule has 0 bridgehead atoms. The maximum atomic E-state index is 2.27. The highest BCUT2D eigenvalue weighted by Gasteiger charge is 1.88. The fourth-order valence-electron chi connectivity index (χ4n) is 1.51. The molecule has 0 aliphatic heterocycles. The second-order valence-electron chi connectivity index (χ2n) is 3.86. The van der Waals surface area contributed by atoms with Crippen molar-refractivity contribution in [1.29, 1.82) is 0 Å². The smallest absolute Gasteiger partial charge is 0.0348 e. The molecule has 0 unspecified atom stereocenters. The summed E-state index contributed by atoms with van der Waals surface area (Å²) in [6, 6.07) is 0. The fraction of sp³-hybridized carbons (Fsp3) is 0.714. The van der Waals surface area contributed by atoms with Crippen molar-refractivity contribution in [2.24, 2.45) is 0 Å². The molecule has 0 aliphatic rings. The SMILES string of the molecule is C/C=C/C=C\CCCCCCCCC. The molecular weight excluding hydrogens is 168 g/mol. The Morgan fingerprint density at radius 3 is 2.07 bits per heavy atom. The second kappa shape index (κ2) is 12.5. The average molecular weight is 194 g/mol. The van der Waals surface area contributed by atoms with Crippen LogP contribution in [0.1, 0.15) is 65.2 Å². The Morgan fingerprint density at radius 2 is 1.43 bits per heavy atom. The Morgan fingerprint density at radius 1 is 0.786 bits per heavy atom. The molecule has 0 heterocycles. The van der Waals surface area contributed by atoms with E-state index in [1.807, 2.05) is 0 Å². The third-order valence-electron chi connectivity index (χ3n) is 2.41. The molecule has 0 nitrogen and oxygen atoms in total. The van der Waals surface area contributed by atoms with E-state index in [0.717, 1.165) is 0 Å². The Bertz CT molecular complexity index is 142. The lowest BCUT2D eigenvalue weighted by atomic mass is 10.1. The molecule has 14 heavy (non-hydrogen) atoms. The number of rotatable bonds is 9. The molecular formula is C14H26.